The van der Waals surface area contributed by atoms with Crippen LogP contribution in [0.5, 0.6) is 5.75 Å². The molecular formula is C17H19NO4S. The molecule has 0 unspecified atom stereocenters. The third-order valence-electron chi connectivity index (χ3n) is 3.19. The second kappa shape index (κ2) is 8.95. The molecule has 0 aliphatic rings. The number of carbonyl (C=O) groups is 2. The average molecular weight is 333 g/mol. The molecule has 0 saturated carbocycles. The zero-order chi connectivity index (χ0) is 16.5. The summed E-state index contributed by atoms with van der Waals surface area (Å²) in [5.41, 5.74) is 2.00. The lowest BCUT2D eigenvalue weighted by Crippen LogP contribution is -2.30. The van der Waals surface area contributed by atoms with E-state index in [-0.39, 0.29) is 18.9 Å². The molecule has 1 amide bonds. The van der Waals surface area contributed by atoms with E-state index in [1.165, 1.54) is 11.3 Å². The van der Waals surface area contributed by atoms with Gasteiger partial charge in [0.25, 0.3) is 5.91 Å². The van der Waals surface area contributed by atoms with Gasteiger partial charge in [-0.15, -0.1) is 0 Å². The summed E-state index contributed by atoms with van der Waals surface area (Å²) in [7, 11) is 1.62. The van der Waals surface area contributed by atoms with Crippen LogP contribution in [0.3, 0.4) is 0 Å². The molecule has 0 fully saturated rings. The van der Waals surface area contributed by atoms with Crippen molar-refractivity contribution >= 4 is 23.2 Å². The van der Waals surface area contributed by atoms with E-state index in [0.717, 1.165) is 16.9 Å². The Morgan fingerprint density at radius 1 is 1.13 bits per heavy atom. The fourth-order valence-corrected chi connectivity index (χ4v) is 2.62. The number of hydrogen-bond acceptors (Lipinski definition) is 5. The van der Waals surface area contributed by atoms with E-state index in [4.69, 9.17) is 9.47 Å². The van der Waals surface area contributed by atoms with Crippen molar-refractivity contribution < 1.29 is 19.1 Å². The first-order valence-corrected chi connectivity index (χ1v) is 8.18. The zero-order valence-corrected chi connectivity index (χ0v) is 13.7. The largest absolute Gasteiger partial charge is 0.497 e. The van der Waals surface area contributed by atoms with Crippen molar-refractivity contribution in [2.45, 2.75) is 12.8 Å². The molecule has 0 radical (unpaired) electrons. The van der Waals surface area contributed by atoms with Crippen LogP contribution < -0.4 is 10.1 Å². The van der Waals surface area contributed by atoms with Gasteiger partial charge in [-0.05, 0) is 46.5 Å². The molecule has 0 spiro atoms. The Hall–Kier alpha value is -2.34. The number of amides is 1. The van der Waals surface area contributed by atoms with Gasteiger partial charge in [0.05, 0.1) is 13.5 Å². The molecule has 0 bridgehead atoms. The van der Waals surface area contributed by atoms with Crippen LogP contribution in [-0.4, -0.2) is 32.1 Å². The molecule has 1 N–H and O–H groups in total. The lowest BCUT2D eigenvalue weighted by Gasteiger charge is -2.07. The van der Waals surface area contributed by atoms with Gasteiger partial charge in [0.2, 0.25) is 0 Å². The molecular weight excluding hydrogens is 314 g/mol. The van der Waals surface area contributed by atoms with Crippen LogP contribution in [-0.2, 0) is 27.2 Å². The van der Waals surface area contributed by atoms with Crippen LogP contribution in [0, 0.1) is 0 Å². The Labute approximate surface area is 139 Å². The Morgan fingerprint density at radius 2 is 1.91 bits per heavy atom. The van der Waals surface area contributed by atoms with E-state index in [0.29, 0.717) is 13.0 Å². The molecule has 1 aromatic carbocycles. The Bertz CT molecular complexity index is 623. The van der Waals surface area contributed by atoms with Crippen molar-refractivity contribution in [2.24, 2.45) is 0 Å². The van der Waals surface area contributed by atoms with Crippen LogP contribution in [0.25, 0.3) is 0 Å². The van der Waals surface area contributed by atoms with E-state index in [2.05, 4.69) is 5.32 Å². The van der Waals surface area contributed by atoms with E-state index in [9.17, 15) is 9.59 Å². The number of esters is 1. The molecule has 1 heterocycles. The predicted octanol–water partition coefficient (Wildman–Crippen LogP) is 2.20. The fraction of sp³-hybridized carbons (Fsp3) is 0.294. The summed E-state index contributed by atoms with van der Waals surface area (Å²) in [6.07, 6.45) is 0.904. The Morgan fingerprint density at radius 3 is 2.57 bits per heavy atom. The van der Waals surface area contributed by atoms with Crippen molar-refractivity contribution in [3.05, 3.63) is 52.2 Å². The number of methoxy groups -OCH3 is 1. The Kier molecular flexibility index (Phi) is 6.62. The van der Waals surface area contributed by atoms with Gasteiger partial charge in [-0.3, -0.25) is 9.59 Å². The van der Waals surface area contributed by atoms with Gasteiger partial charge < -0.3 is 14.8 Å². The van der Waals surface area contributed by atoms with Crippen LogP contribution in [0.2, 0.25) is 0 Å². The van der Waals surface area contributed by atoms with Crippen LogP contribution >= 0.6 is 11.3 Å². The van der Waals surface area contributed by atoms with Gasteiger partial charge in [0.15, 0.2) is 6.61 Å². The number of hydrogen-bond donors (Lipinski definition) is 1. The van der Waals surface area contributed by atoms with Gasteiger partial charge in [-0.1, -0.05) is 12.1 Å². The highest BCUT2D eigenvalue weighted by Crippen LogP contribution is 2.11. The minimum Gasteiger partial charge on any atom is -0.497 e. The minimum atomic E-state index is -0.395. The van der Waals surface area contributed by atoms with Crippen molar-refractivity contribution in [1.29, 1.82) is 0 Å². The second-order valence-electron chi connectivity index (χ2n) is 4.92. The smallest absolute Gasteiger partial charge is 0.310 e. The maximum atomic E-state index is 11.6. The number of carbonyl (C=O) groups excluding carboxylic acids is 2. The maximum absolute atomic E-state index is 11.6. The van der Waals surface area contributed by atoms with Gasteiger partial charge in [-0.2, -0.15) is 11.3 Å². The van der Waals surface area contributed by atoms with Crippen LogP contribution in [0.15, 0.2) is 41.1 Å². The summed E-state index contributed by atoms with van der Waals surface area (Å²) in [6.45, 7) is 0.249. The quantitative estimate of drug-likeness (QED) is 0.752. The molecule has 1 aromatic heterocycles. The molecule has 0 aliphatic heterocycles. The molecule has 5 nitrogen and oxygen atoms in total. The first-order chi connectivity index (χ1) is 11.2. The lowest BCUT2D eigenvalue weighted by molar-refractivity contribution is -0.147. The third kappa shape index (κ3) is 6.12. The molecule has 0 atom stereocenters. The first-order valence-electron chi connectivity index (χ1n) is 7.23. The van der Waals surface area contributed by atoms with Crippen LogP contribution in [0.4, 0.5) is 0 Å². The topological polar surface area (TPSA) is 64.6 Å². The SMILES string of the molecule is COc1ccc(CCNC(=O)COC(=O)Cc2ccsc2)cc1. The first kappa shape index (κ1) is 17.0. The highest BCUT2D eigenvalue weighted by atomic mass is 32.1. The van der Waals surface area contributed by atoms with Crippen molar-refractivity contribution in [3.8, 4) is 5.75 Å². The summed E-state index contributed by atoms with van der Waals surface area (Å²) < 4.78 is 10.0. The molecule has 0 saturated heterocycles. The molecule has 2 rings (SSSR count). The van der Waals surface area contributed by atoms with E-state index < -0.39 is 5.97 Å². The van der Waals surface area contributed by atoms with Crippen molar-refractivity contribution in [2.75, 3.05) is 20.3 Å². The predicted molar refractivity (Wildman–Crippen MR) is 88.7 cm³/mol. The van der Waals surface area contributed by atoms with Gasteiger partial charge in [-0.25, -0.2) is 0 Å². The summed E-state index contributed by atoms with van der Waals surface area (Å²) >= 11 is 1.52. The summed E-state index contributed by atoms with van der Waals surface area (Å²) in [5, 5.41) is 6.51. The average Bonchev–Trinajstić information content (AvgIpc) is 3.06. The maximum Gasteiger partial charge on any atom is 0.310 e. The van der Waals surface area contributed by atoms with E-state index in [1.807, 2.05) is 41.1 Å². The summed E-state index contributed by atoms with van der Waals surface area (Å²) in [6, 6.07) is 9.52. The lowest BCUT2D eigenvalue weighted by atomic mass is 10.1. The minimum absolute atomic E-state index is 0.197. The van der Waals surface area contributed by atoms with E-state index in [1.54, 1.807) is 7.11 Å². The normalized spacial score (nSPS) is 10.1. The van der Waals surface area contributed by atoms with Crippen molar-refractivity contribution in [1.82, 2.24) is 5.32 Å². The van der Waals surface area contributed by atoms with Gasteiger partial charge in [0.1, 0.15) is 5.75 Å². The van der Waals surface area contributed by atoms with E-state index >= 15 is 0 Å². The molecule has 122 valence electrons. The molecule has 0 aliphatic carbocycles. The molecule has 23 heavy (non-hydrogen) atoms. The fourth-order valence-electron chi connectivity index (χ4n) is 1.95. The van der Waals surface area contributed by atoms with Gasteiger partial charge in [0, 0.05) is 6.54 Å². The molecule has 6 heteroatoms. The number of nitrogens with one attached hydrogen (secondary N) is 1. The summed E-state index contributed by atoms with van der Waals surface area (Å²) in [5.74, 6) is 0.112. The van der Waals surface area contributed by atoms with Gasteiger partial charge >= 0.3 is 5.97 Å². The number of benzene rings is 1. The van der Waals surface area contributed by atoms with Crippen molar-refractivity contribution in [3.63, 3.8) is 0 Å². The molecule has 2 aromatic rings. The number of ether oxygens (including phenoxy) is 2. The highest BCUT2D eigenvalue weighted by Gasteiger charge is 2.08. The summed E-state index contributed by atoms with van der Waals surface area (Å²) in [4.78, 5) is 23.2. The zero-order valence-electron chi connectivity index (χ0n) is 12.9. The second-order valence-corrected chi connectivity index (χ2v) is 5.70. The Balaban J connectivity index is 1.61. The highest BCUT2D eigenvalue weighted by molar-refractivity contribution is 7.07. The van der Waals surface area contributed by atoms with Crippen LogP contribution in [0.1, 0.15) is 11.1 Å². The third-order valence-corrected chi connectivity index (χ3v) is 3.92. The standard InChI is InChI=1S/C17H19NO4S/c1-21-15-4-2-13(3-5-15)6-8-18-16(19)11-22-17(20)10-14-7-9-23-12-14/h2-5,7,9,12H,6,8,10-11H2,1H3,(H,18,19). The number of thiophene rings is 1. The number of rotatable bonds is 8. The monoisotopic (exact) mass is 333 g/mol.